The van der Waals surface area contributed by atoms with E-state index in [1.807, 2.05) is 6.92 Å². The van der Waals surface area contributed by atoms with Crippen molar-refractivity contribution in [1.29, 1.82) is 0 Å². The molecule has 1 aromatic carbocycles. The molecule has 0 spiro atoms. The van der Waals surface area contributed by atoms with Crippen LogP contribution in [0, 0.1) is 0 Å². The Hall–Kier alpha value is -2.21. The van der Waals surface area contributed by atoms with E-state index in [1.165, 1.54) is 6.20 Å². The monoisotopic (exact) mass is 293 g/mol. The average Bonchev–Trinajstić information content (AvgIpc) is 2.90. The molecule has 0 saturated carbocycles. The van der Waals surface area contributed by atoms with Gasteiger partial charge < -0.3 is 19.5 Å². The van der Waals surface area contributed by atoms with Crippen LogP contribution in [0.3, 0.4) is 0 Å². The predicted molar refractivity (Wildman–Crippen MR) is 73.8 cm³/mol. The summed E-state index contributed by atoms with van der Waals surface area (Å²) in [5, 5.41) is 3.33. The van der Waals surface area contributed by atoms with Crippen LogP contribution >= 0.6 is 11.6 Å². The minimum Gasteiger partial charge on any atom is -0.454 e. The summed E-state index contributed by atoms with van der Waals surface area (Å²) in [5.41, 5.74) is 0. The number of nitrogens with zero attached hydrogens (tertiary/aromatic N) is 2. The maximum absolute atomic E-state index is 6.03. The molecule has 7 heteroatoms. The summed E-state index contributed by atoms with van der Waals surface area (Å²) in [6, 6.07) is 5.27. The Kier molecular flexibility index (Phi) is 3.47. The minimum atomic E-state index is 0.220. The van der Waals surface area contributed by atoms with Crippen LogP contribution in [0.15, 0.2) is 24.4 Å². The third kappa shape index (κ3) is 2.55. The highest BCUT2D eigenvalue weighted by Crippen LogP contribution is 2.37. The van der Waals surface area contributed by atoms with Crippen LogP contribution in [0.1, 0.15) is 6.92 Å². The normalized spacial score (nSPS) is 12.3. The molecule has 0 radical (unpaired) electrons. The van der Waals surface area contributed by atoms with Crippen LogP contribution in [-0.4, -0.2) is 23.3 Å². The van der Waals surface area contributed by atoms with E-state index in [0.29, 0.717) is 34.8 Å². The fourth-order valence-electron chi connectivity index (χ4n) is 1.72. The second-order valence-corrected chi connectivity index (χ2v) is 4.40. The molecular weight excluding hydrogens is 282 g/mol. The van der Waals surface area contributed by atoms with E-state index < -0.39 is 0 Å². The summed E-state index contributed by atoms with van der Waals surface area (Å²) >= 11 is 6.03. The second-order valence-electron chi connectivity index (χ2n) is 3.99. The summed E-state index contributed by atoms with van der Waals surface area (Å²) < 4.78 is 16.2. The van der Waals surface area contributed by atoms with Crippen molar-refractivity contribution in [3.05, 3.63) is 29.4 Å². The lowest BCUT2D eigenvalue weighted by atomic mass is 10.3. The van der Waals surface area contributed by atoms with E-state index in [4.69, 9.17) is 25.8 Å². The first-order valence-corrected chi connectivity index (χ1v) is 6.48. The molecule has 0 fully saturated rings. The first-order valence-electron chi connectivity index (χ1n) is 6.10. The molecule has 0 unspecified atom stereocenters. The fourth-order valence-corrected chi connectivity index (χ4v) is 1.85. The molecule has 6 nitrogen and oxygen atoms in total. The molecule has 0 aliphatic carbocycles. The average molecular weight is 294 g/mol. The van der Waals surface area contributed by atoms with Crippen molar-refractivity contribution in [2.45, 2.75) is 6.92 Å². The van der Waals surface area contributed by atoms with Gasteiger partial charge in [0.25, 0.3) is 0 Å². The van der Waals surface area contributed by atoms with Gasteiger partial charge in [-0.3, -0.25) is 0 Å². The third-order valence-electron chi connectivity index (χ3n) is 2.61. The van der Waals surface area contributed by atoms with Gasteiger partial charge in [-0.15, -0.1) is 0 Å². The molecule has 20 heavy (non-hydrogen) atoms. The molecule has 3 rings (SSSR count). The highest BCUT2D eigenvalue weighted by Gasteiger charge is 2.15. The predicted octanol–water partition coefficient (Wildman–Crippen LogP) is 3.08. The van der Waals surface area contributed by atoms with Crippen molar-refractivity contribution in [2.75, 3.05) is 18.7 Å². The lowest BCUT2D eigenvalue weighted by molar-refractivity contribution is 0.174. The van der Waals surface area contributed by atoms with E-state index >= 15 is 0 Å². The molecule has 0 bridgehead atoms. The highest BCUT2D eigenvalue weighted by atomic mass is 35.5. The number of nitrogens with one attached hydrogen (secondary N) is 1. The maximum atomic E-state index is 6.03. The standard InChI is InChI=1S/C13H12ClN3O3/c1-2-15-13-16-6-9(14)12(17-13)20-8-3-4-10-11(5-8)19-7-18-10/h3-6H,2,7H2,1H3,(H,15,16,17). The SMILES string of the molecule is CCNc1ncc(Cl)c(Oc2ccc3c(c2)OCO3)n1. The topological polar surface area (TPSA) is 65.5 Å². The van der Waals surface area contributed by atoms with Gasteiger partial charge in [-0.05, 0) is 19.1 Å². The van der Waals surface area contributed by atoms with Crippen LogP contribution in [0.4, 0.5) is 5.95 Å². The molecule has 104 valence electrons. The van der Waals surface area contributed by atoms with Crippen LogP contribution in [-0.2, 0) is 0 Å². The van der Waals surface area contributed by atoms with E-state index in [2.05, 4.69) is 15.3 Å². The van der Waals surface area contributed by atoms with Crippen molar-refractivity contribution in [2.24, 2.45) is 0 Å². The van der Waals surface area contributed by atoms with Crippen molar-refractivity contribution in [3.63, 3.8) is 0 Å². The third-order valence-corrected chi connectivity index (χ3v) is 2.86. The van der Waals surface area contributed by atoms with Gasteiger partial charge in [0.1, 0.15) is 10.8 Å². The van der Waals surface area contributed by atoms with Gasteiger partial charge in [-0.2, -0.15) is 4.98 Å². The molecule has 1 aliphatic heterocycles. The largest absolute Gasteiger partial charge is 0.454 e. The number of halogens is 1. The summed E-state index contributed by atoms with van der Waals surface area (Å²) in [5.74, 6) is 2.65. The molecular formula is C13H12ClN3O3. The maximum Gasteiger partial charge on any atom is 0.243 e. The Morgan fingerprint density at radius 3 is 3.05 bits per heavy atom. The molecule has 1 N–H and O–H groups in total. The van der Waals surface area contributed by atoms with E-state index in [0.717, 1.165) is 0 Å². The number of rotatable bonds is 4. The lowest BCUT2D eigenvalue weighted by Gasteiger charge is -2.08. The molecule has 2 heterocycles. The second kappa shape index (κ2) is 5.42. The van der Waals surface area contributed by atoms with Crippen LogP contribution < -0.4 is 19.5 Å². The molecule has 1 aliphatic rings. The lowest BCUT2D eigenvalue weighted by Crippen LogP contribution is -2.02. The number of ether oxygens (including phenoxy) is 3. The number of anilines is 1. The highest BCUT2D eigenvalue weighted by molar-refractivity contribution is 6.31. The molecule has 2 aromatic rings. The zero-order valence-electron chi connectivity index (χ0n) is 10.7. The summed E-state index contributed by atoms with van der Waals surface area (Å²) in [6.45, 7) is 2.89. The Morgan fingerprint density at radius 1 is 1.35 bits per heavy atom. The number of hydrogen-bond donors (Lipinski definition) is 1. The summed E-state index contributed by atoms with van der Waals surface area (Å²) in [7, 11) is 0. The van der Waals surface area contributed by atoms with Gasteiger partial charge >= 0.3 is 0 Å². The first kappa shape index (κ1) is 12.8. The van der Waals surface area contributed by atoms with E-state index in [-0.39, 0.29) is 12.7 Å². The number of fused-ring (bicyclic) bond motifs is 1. The van der Waals surface area contributed by atoms with Crippen molar-refractivity contribution >= 4 is 17.5 Å². The van der Waals surface area contributed by atoms with Crippen LogP contribution in [0.2, 0.25) is 5.02 Å². The Bertz CT molecular complexity index is 636. The molecule has 0 amide bonds. The van der Waals surface area contributed by atoms with Crippen molar-refractivity contribution < 1.29 is 14.2 Å². The summed E-state index contributed by atoms with van der Waals surface area (Å²) in [4.78, 5) is 8.25. The quantitative estimate of drug-likeness (QED) is 0.934. The molecule has 0 atom stereocenters. The Balaban J connectivity index is 1.85. The van der Waals surface area contributed by atoms with Gasteiger partial charge in [0, 0.05) is 12.6 Å². The zero-order valence-corrected chi connectivity index (χ0v) is 11.5. The summed E-state index contributed by atoms with van der Waals surface area (Å²) in [6.07, 6.45) is 1.49. The number of benzene rings is 1. The van der Waals surface area contributed by atoms with Gasteiger partial charge in [0.2, 0.25) is 18.6 Å². The van der Waals surface area contributed by atoms with Crippen molar-refractivity contribution in [3.8, 4) is 23.1 Å². The smallest absolute Gasteiger partial charge is 0.243 e. The molecule has 0 saturated heterocycles. The van der Waals surface area contributed by atoms with Gasteiger partial charge in [0.15, 0.2) is 11.5 Å². The Labute approximate surface area is 120 Å². The fraction of sp³-hybridized carbons (Fsp3) is 0.231. The Morgan fingerprint density at radius 2 is 2.20 bits per heavy atom. The number of aromatic nitrogens is 2. The van der Waals surface area contributed by atoms with Gasteiger partial charge in [-0.1, -0.05) is 11.6 Å². The minimum absolute atomic E-state index is 0.220. The zero-order chi connectivity index (χ0) is 13.9. The van der Waals surface area contributed by atoms with Gasteiger partial charge in [0.05, 0.1) is 6.20 Å². The van der Waals surface area contributed by atoms with Crippen molar-refractivity contribution in [1.82, 2.24) is 9.97 Å². The van der Waals surface area contributed by atoms with Crippen LogP contribution in [0.5, 0.6) is 23.1 Å². The van der Waals surface area contributed by atoms with E-state index in [1.54, 1.807) is 18.2 Å². The van der Waals surface area contributed by atoms with E-state index in [9.17, 15) is 0 Å². The molecule has 1 aromatic heterocycles. The number of hydrogen-bond acceptors (Lipinski definition) is 6. The van der Waals surface area contributed by atoms with Crippen LogP contribution in [0.25, 0.3) is 0 Å². The van der Waals surface area contributed by atoms with Gasteiger partial charge in [-0.25, -0.2) is 4.98 Å². The first-order chi connectivity index (χ1) is 9.76.